The zero-order valence-electron chi connectivity index (χ0n) is 16.9. The van der Waals surface area contributed by atoms with E-state index in [0.717, 1.165) is 30.6 Å². The lowest BCUT2D eigenvalue weighted by Crippen LogP contribution is -2.27. The first-order valence-electron chi connectivity index (χ1n) is 10.4. The summed E-state index contributed by atoms with van der Waals surface area (Å²) in [6.07, 6.45) is 2.29. The number of hydrogen-bond acceptors (Lipinski definition) is 3. The van der Waals surface area contributed by atoms with Crippen molar-refractivity contribution in [2.24, 2.45) is 0 Å². The van der Waals surface area contributed by atoms with Crippen LogP contribution in [0, 0.1) is 0 Å². The minimum Gasteiger partial charge on any atom is -0.508 e. The lowest BCUT2D eigenvalue weighted by molar-refractivity contribution is -0.115. The summed E-state index contributed by atoms with van der Waals surface area (Å²) < 4.78 is 2.40. The smallest absolute Gasteiger partial charge is 0.238 e. The average Bonchev–Trinajstić information content (AvgIpc) is 3.30. The third-order valence-electron chi connectivity index (χ3n) is 5.82. The zero-order valence-corrected chi connectivity index (χ0v) is 17.7. The Bertz CT molecular complexity index is 1230. The van der Waals surface area contributed by atoms with Crippen molar-refractivity contribution in [1.82, 2.24) is 4.57 Å². The number of anilines is 1. The number of phenols is 1. The molecule has 1 N–H and O–H groups in total. The molecule has 152 valence electrons. The normalized spacial score (nSPS) is 16.8. The second kappa shape index (κ2) is 7.73. The van der Waals surface area contributed by atoms with Gasteiger partial charge in [0.1, 0.15) is 11.1 Å². The Morgan fingerprint density at radius 1 is 1.00 bits per heavy atom. The number of nitrogens with zero attached hydrogens (tertiary/aromatic N) is 2. The fourth-order valence-electron chi connectivity index (χ4n) is 4.34. The first kappa shape index (κ1) is 19.1. The molecule has 1 aliphatic rings. The highest BCUT2D eigenvalue weighted by atomic mass is 32.2. The van der Waals surface area contributed by atoms with Gasteiger partial charge in [0, 0.05) is 34.0 Å². The van der Waals surface area contributed by atoms with Crippen LogP contribution < -0.4 is 4.90 Å². The van der Waals surface area contributed by atoms with Crippen molar-refractivity contribution in [1.29, 1.82) is 0 Å². The zero-order chi connectivity index (χ0) is 20.7. The molecule has 1 amide bonds. The minimum absolute atomic E-state index is 0.0796. The van der Waals surface area contributed by atoms with Crippen LogP contribution in [0.15, 0.2) is 66.7 Å². The molecule has 1 unspecified atom stereocenters. The fourth-order valence-corrected chi connectivity index (χ4v) is 5.51. The summed E-state index contributed by atoms with van der Waals surface area (Å²) in [5.74, 6) is 0.815. The van der Waals surface area contributed by atoms with Gasteiger partial charge in [-0.2, -0.15) is 0 Å². The molecule has 4 nitrogen and oxygen atoms in total. The summed E-state index contributed by atoms with van der Waals surface area (Å²) in [5, 5.41) is 12.0. The number of carbonyl (C=O) groups excluding carboxylic acids is 1. The number of fused-ring (bicyclic) bond motifs is 3. The van der Waals surface area contributed by atoms with E-state index in [0.29, 0.717) is 5.75 Å². The Balaban J connectivity index is 1.63. The number of thioether (sulfide) groups is 1. The van der Waals surface area contributed by atoms with Gasteiger partial charge in [-0.25, -0.2) is 0 Å². The van der Waals surface area contributed by atoms with E-state index in [1.165, 1.54) is 21.8 Å². The van der Waals surface area contributed by atoms with Crippen molar-refractivity contribution in [3.05, 3.63) is 72.3 Å². The van der Waals surface area contributed by atoms with Crippen LogP contribution in [0.4, 0.5) is 5.69 Å². The Morgan fingerprint density at radius 2 is 1.77 bits per heavy atom. The first-order valence-corrected chi connectivity index (χ1v) is 11.5. The monoisotopic (exact) mass is 416 g/mol. The second-order valence-electron chi connectivity index (χ2n) is 7.74. The van der Waals surface area contributed by atoms with Crippen molar-refractivity contribution in [3.63, 3.8) is 0 Å². The number of aryl methyl sites for hydroxylation is 1. The number of rotatable bonds is 5. The van der Waals surface area contributed by atoms with Gasteiger partial charge >= 0.3 is 0 Å². The van der Waals surface area contributed by atoms with E-state index in [9.17, 15) is 9.90 Å². The Hall–Kier alpha value is -2.92. The highest BCUT2D eigenvalue weighted by Crippen LogP contribution is 2.43. The molecule has 1 fully saturated rings. The standard InChI is InChI=1S/C25H24N2O2S/c1-2-3-14-26-22-7-5-4-6-20(22)21-15-18(10-13-23(21)26)27-24(29)16-30-25(27)17-8-11-19(28)12-9-17/h4-13,15,25,28H,2-3,14,16H2,1H3. The summed E-state index contributed by atoms with van der Waals surface area (Å²) in [7, 11) is 0. The Labute approximate surface area is 180 Å². The van der Waals surface area contributed by atoms with Gasteiger partial charge in [-0.15, -0.1) is 11.8 Å². The minimum atomic E-state index is -0.0796. The summed E-state index contributed by atoms with van der Waals surface area (Å²) in [6, 6.07) is 22.1. The number of aromatic hydroxyl groups is 1. The lowest BCUT2D eigenvalue weighted by atomic mass is 10.1. The van der Waals surface area contributed by atoms with Gasteiger partial charge < -0.3 is 9.67 Å². The summed E-state index contributed by atoms with van der Waals surface area (Å²) in [6.45, 7) is 3.21. The van der Waals surface area contributed by atoms with Crippen LogP contribution in [0.5, 0.6) is 5.75 Å². The lowest BCUT2D eigenvalue weighted by Gasteiger charge is -2.24. The molecule has 0 spiro atoms. The molecule has 5 rings (SSSR count). The van der Waals surface area contributed by atoms with Gasteiger partial charge in [-0.3, -0.25) is 9.69 Å². The molecule has 0 bridgehead atoms. The van der Waals surface area contributed by atoms with Crippen LogP contribution in [-0.4, -0.2) is 21.3 Å². The quantitative estimate of drug-likeness (QED) is 0.429. The van der Waals surface area contributed by atoms with Gasteiger partial charge in [0.25, 0.3) is 0 Å². The molecule has 1 saturated heterocycles. The fraction of sp³-hybridized carbons (Fsp3) is 0.240. The van der Waals surface area contributed by atoms with Gasteiger partial charge in [-0.1, -0.05) is 43.7 Å². The van der Waals surface area contributed by atoms with Crippen LogP contribution in [0.1, 0.15) is 30.7 Å². The van der Waals surface area contributed by atoms with E-state index in [4.69, 9.17) is 0 Å². The first-order chi connectivity index (χ1) is 14.7. The Morgan fingerprint density at radius 3 is 2.57 bits per heavy atom. The molecule has 0 radical (unpaired) electrons. The van der Waals surface area contributed by atoms with Gasteiger partial charge in [0.05, 0.1) is 5.75 Å². The number of benzene rings is 3. The van der Waals surface area contributed by atoms with Crippen LogP contribution in [0.2, 0.25) is 0 Å². The molecule has 30 heavy (non-hydrogen) atoms. The maximum Gasteiger partial charge on any atom is 0.238 e. The number of carbonyl (C=O) groups is 1. The molecule has 3 aromatic carbocycles. The molecule has 4 aromatic rings. The van der Waals surface area contributed by atoms with Crippen molar-refractivity contribution in [2.75, 3.05) is 10.7 Å². The highest BCUT2D eigenvalue weighted by molar-refractivity contribution is 8.00. The van der Waals surface area contributed by atoms with Gasteiger partial charge in [-0.05, 0) is 48.4 Å². The largest absolute Gasteiger partial charge is 0.508 e. The van der Waals surface area contributed by atoms with Crippen molar-refractivity contribution in [3.8, 4) is 5.75 Å². The molecule has 5 heteroatoms. The number of phenolic OH excluding ortho intramolecular Hbond substituents is 1. The van der Waals surface area contributed by atoms with E-state index in [2.05, 4.69) is 54.0 Å². The topological polar surface area (TPSA) is 45.5 Å². The van der Waals surface area contributed by atoms with E-state index in [-0.39, 0.29) is 17.0 Å². The molecule has 0 saturated carbocycles. The van der Waals surface area contributed by atoms with E-state index in [1.807, 2.05) is 17.0 Å². The molecule has 1 atom stereocenters. The molecule has 0 aliphatic carbocycles. The third-order valence-corrected chi connectivity index (χ3v) is 7.03. The number of unbranched alkanes of at least 4 members (excludes halogenated alkanes) is 1. The predicted octanol–water partition coefficient (Wildman–Crippen LogP) is 6.08. The molecule has 1 aliphatic heterocycles. The number of hydrogen-bond donors (Lipinski definition) is 1. The molecule has 2 heterocycles. The van der Waals surface area contributed by atoms with E-state index >= 15 is 0 Å². The highest BCUT2D eigenvalue weighted by Gasteiger charge is 2.34. The van der Waals surface area contributed by atoms with Crippen LogP contribution >= 0.6 is 11.8 Å². The number of amides is 1. The van der Waals surface area contributed by atoms with Crippen molar-refractivity contribution in [2.45, 2.75) is 31.7 Å². The van der Waals surface area contributed by atoms with Crippen LogP contribution in [-0.2, 0) is 11.3 Å². The SMILES string of the molecule is CCCCn1c2ccccc2c2cc(N3C(=O)CSC3c3ccc(O)cc3)ccc21. The van der Waals surface area contributed by atoms with Crippen LogP contribution in [0.25, 0.3) is 21.8 Å². The van der Waals surface area contributed by atoms with Crippen molar-refractivity contribution < 1.29 is 9.90 Å². The maximum atomic E-state index is 12.8. The van der Waals surface area contributed by atoms with Crippen LogP contribution in [0.3, 0.4) is 0 Å². The molecular weight excluding hydrogens is 392 g/mol. The predicted molar refractivity (Wildman–Crippen MR) is 125 cm³/mol. The summed E-state index contributed by atoms with van der Waals surface area (Å²) in [5.41, 5.74) is 4.41. The number of aromatic nitrogens is 1. The summed E-state index contributed by atoms with van der Waals surface area (Å²) in [4.78, 5) is 14.7. The second-order valence-corrected chi connectivity index (χ2v) is 8.81. The van der Waals surface area contributed by atoms with E-state index < -0.39 is 0 Å². The molecular formula is C25H24N2O2S. The maximum absolute atomic E-state index is 12.8. The molecule has 1 aromatic heterocycles. The number of para-hydroxylation sites is 1. The van der Waals surface area contributed by atoms with Crippen molar-refractivity contribution >= 4 is 45.2 Å². The third kappa shape index (κ3) is 3.14. The van der Waals surface area contributed by atoms with E-state index in [1.54, 1.807) is 23.9 Å². The Kier molecular flexibility index (Phi) is 4.91. The van der Waals surface area contributed by atoms with Gasteiger partial charge in [0.2, 0.25) is 5.91 Å². The summed E-state index contributed by atoms with van der Waals surface area (Å²) >= 11 is 1.63. The van der Waals surface area contributed by atoms with Gasteiger partial charge in [0.15, 0.2) is 0 Å². The average molecular weight is 417 g/mol.